The first-order valence-electron chi connectivity index (χ1n) is 8.25. The number of hydrogen-bond donors (Lipinski definition) is 1. The van der Waals surface area contributed by atoms with Gasteiger partial charge in [-0.25, -0.2) is 4.79 Å². The van der Waals surface area contributed by atoms with Crippen molar-refractivity contribution in [3.8, 4) is 17.2 Å². The van der Waals surface area contributed by atoms with Gasteiger partial charge in [0.05, 0.1) is 0 Å². The Morgan fingerprint density at radius 3 is 2.81 bits per heavy atom. The fourth-order valence-corrected chi connectivity index (χ4v) is 2.53. The van der Waals surface area contributed by atoms with Gasteiger partial charge in [-0.15, -0.1) is 0 Å². The minimum Gasteiger partial charge on any atom is -0.479 e. The van der Waals surface area contributed by atoms with Crippen LogP contribution in [0.5, 0.6) is 17.2 Å². The van der Waals surface area contributed by atoms with Crippen molar-refractivity contribution in [3.63, 3.8) is 0 Å². The van der Waals surface area contributed by atoms with Gasteiger partial charge >= 0.3 is 5.97 Å². The second kappa shape index (κ2) is 8.64. The summed E-state index contributed by atoms with van der Waals surface area (Å²) in [6.07, 6.45) is -0.870. The number of halogens is 1. The van der Waals surface area contributed by atoms with Crippen LogP contribution in [0.15, 0.2) is 42.5 Å². The normalized spacial score (nSPS) is 13.0. The molecule has 0 fully saturated rings. The lowest BCUT2D eigenvalue weighted by Gasteiger charge is -2.14. The van der Waals surface area contributed by atoms with Gasteiger partial charge in [0, 0.05) is 11.6 Å². The van der Waals surface area contributed by atoms with Crippen LogP contribution in [0.4, 0.5) is 0 Å². The lowest BCUT2D eigenvalue weighted by molar-refractivity contribution is -0.154. The van der Waals surface area contributed by atoms with Crippen LogP contribution >= 0.6 is 11.6 Å². The summed E-state index contributed by atoms with van der Waals surface area (Å²) in [5, 5.41) is 3.17. The minimum absolute atomic E-state index is 0.191. The molecule has 1 unspecified atom stereocenters. The van der Waals surface area contributed by atoms with Gasteiger partial charge in [0.1, 0.15) is 5.75 Å². The van der Waals surface area contributed by atoms with Gasteiger partial charge in [0.25, 0.3) is 5.91 Å². The highest BCUT2D eigenvalue weighted by atomic mass is 35.5. The largest absolute Gasteiger partial charge is 0.479 e. The molecule has 0 aromatic heterocycles. The van der Waals surface area contributed by atoms with Crippen molar-refractivity contribution in [3.05, 3.63) is 53.1 Å². The van der Waals surface area contributed by atoms with Gasteiger partial charge in [-0.05, 0) is 42.8 Å². The van der Waals surface area contributed by atoms with Gasteiger partial charge in [-0.3, -0.25) is 4.79 Å². The monoisotopic (exact) mass is 391 g/mol. The van der Waals surface area contributed by atoms with Crippen molar-refractivity contribution in [2.45, 2.75) is 19.6 Å². The molecule has 0 bridgehead atoms. The van der Waals surface area contributed by atoms with E-state index >= 15 is 0 Å². The molecule has 0 spiro atoms. The Morgan fingerprint density at radius 2 is 2.00 bits per heavy atom. The van der Waals surface area contributed by atoms with E-state index in [2.05, 4.69) is 5.32 Å². The third-order valence-corrected chi connectivity index (χ3v) is 3.95. The number of nitrogens with one attached hydrogen (secondary N) is 1. The molecule has 0 radical (unpaired) electrons. The van der Waals surface area contributed by atoms with E-state index in [4.69, 9.17) is 30.5 Å². The third-order valence-electron chi connectivity index (χ3n) is 3.71. The van der Waals surface area contributed by atoms with E-state index in [-0.39, 0.29) is 13.3 Å². The summed E-state index contributed by atoms with van der Waals surface area (Å²) in [6, 6.07) is 12.0. The number of hydrogen-bond acceptors (Lipinski definition) is 6. The maximum absolute atomic E-state index is 11.9. The number of carbonyl (C=O) groups excluding carboxylic acids is 2. The van der Waals surface area contributed by atoms with E-state index in [9.17, 15) is 9.59 Å². The van der Waals surface area contributed by atoms with E-state index < -0.39 is 24.6 Å². The molecule has 2 aromatic carbocycles. The van der Waals surface area contributed by atoms with E-state index in [0.717, 1.165) is 5.56 Å². The molecule has 0 saturated heterocycles. The van der Waals surface area contributed by atoms with Gasteiger partial charge in [0.15, 0.2) is 24.2 Å². The molecular formula is C19H18ClNO6. The fraction of sp³-hybridized carbons (Fsp3) is 0.263. The maximum Gasteiger partial charge on any atom is 0.347 e. The van der Waals surface area contributed by atoms with Crippen LogP contribution in [0.3, 0.4) is 0 Å². The Bertz CT molecular complexity index is 841. The number of ether oxygens (including phenoxy) is 4. The average molecular weight is 392 g/mol. The summed E-state index contributed by atoms with van der Waals surface area (Å²) in [6.45, 7) is 1.61. The molecule has 2 aromatic rings. The molecule has 0 aliphatic carbocycles. The standard InChI is InChI=1S/C19H18ClNO6/c1-12(27-15-4-2-3-14(20)8-15)19(23)24-10-18(22)21-9-13-5-6-16-17(7-13)26-11-25-16/h2-8,12H,9-11H2,1H3,(H,21,22). The van der Waals surface area contributed by atoms with Crippen molar-refractivity contribution >= 4 is 23.5 Å². The van der Waals surface area contributed by atoms with Crippen LogP contribution in [0.25, 0.3) is 0 Å². The van der Waals surface area contributed by atoms with Crippen molar-refractivity contribution in [2.75, 3.05) is 13.4 Å². The van der Waals surface area contributed by atoms with Crippen LogP contribution in [-0.4, -0.2) is 31.4 Å². The Morgan fingerprint density at radius 1 is 1.19 bits per heavy atom. The van der Waals surface area contributed by atoms with Crippen LogP contribution in [-0.2, 0) is 20.9 Å². The summed E-state index contributed by atoms with van der Waals surface area (Å²) in [5.74, 6) is 0.691. The Labute approximate surface area is 161 Å². The van der Waals surface area contributed by atoms with Crippen molar-refractivity contribution in [2.24, 2.45) is 0 Å². The van der Waals surface area contributed by atoms with Crippen molar-refractivity contribution in [1.82, 2.24) is 5.32 Å². The summed E-state index contributed by atoms with van der Waals surface area (Å²) in [7, 11) is 0. The molecule has 27 heavy (non-hydrogen) atoms. The second-order valence-electron chi connectivity index (χ2n) is 5.79. The Hall–Kier alpha value is -2.93. The van der Waals surface area contributed by atoms with Crippen LogP contribution in [0.1, 0.15) is 12.5 Å². The van der Waals surface area contributed by atoms with E-state index in [1.807, 2.05) is 6.07 Å². The van der Waals surface area contributed by atoms with E-state index in [0.29, 0.717) is 22.3 Å². The van der Waals surface area contributed by atoms with E-state index in [1.165, 1.54) is 6.92 Å². The van der Waals surface area contributed by atoms with Crippen LogP contribution in [0, 0.1) is 0 Å². The summed E-state index contributed by atoms with van der Waals surface area (Å²) >= 11 is 5.86. The molecule has 0 saturated carbocycles. The summed E-state index contributed by atoms with van der Waals surface area (Å²) in [4.78, 5) is 23.8. The number of benzene rings is 2. The molecule has 3 rings (SSSR count). The number of fused-ring (bicyclic) bond motifs is 1. The lowest BCUT2D eigenvalue weighted by Crippen LogP contribution is -2.32. The van der Waals surface area contributed by atoms with Gasteiger partial charge < -0.3 is 24.3 Å². The lowest BCUT2D eigenvalue weighted by atomic mass is 10.2. The van der Waals surface area contributed by atoms with Gasteiger partial charge in [-0.2, -0.15) is 0 Å². The molecule has 1 aliphatic rings. The zero-order valence-corrected chi connectivity index (χ0v) is 15.3. The SMILES string of the molecule is CC(Oc1cccc(Cl)c1)C(=O)OCC(=O)NCc1ccc2c(c1)OCO2. The first-order valence-corrected chi connectivity index (χ1v) is 8.63. The quantitative estimate of drug-likeness (QED) is 0.731. The van der Waals surface area contributed by atoms with Crippen molar-refractivity contribution < 1.29 is 28.5 Å². The number of amides is 1. The smallest absolute Gasteiger partial charge is 0.347 e. The van der Waals surface area contributed by atoms with Crippen LogP contribution < -0.4 is 19.5 Å². The third kappa shape index (κ3) is 5.27. The molecule has 7 nitrogen and oxygen atoms in total. The second-order valence-corrected chi connectivity index (χ2v) is 6.23. The number of rotatable bonds is 7. The minimum atomic E-state index is -0.870. The molecule has 1 heterocycles. The molecule has 1 aliphatic heterocycles. The van der Waals surface area contributed by atoms with Gasteiger partial charge in [0.2, 0.25) is 6.79 Å². The predicted octanol–water partition coefficient (Wildman–Crippen LogP) is 2.70. The molecule has 8 heteroatoms. The topological polar surface area (TPSA) is 83.1 Å². The van der Waals surface area contributed by atoms with Crippen molar-refractivity contribution in [1.29, 1.82) is 0 Å². The first kappa shape index (κ1) is 18.8. The van der Waals surface area contributed by atoms with Gasteiger partial charge in [-0.1, -0.05) is 23.7 Å². The zero-order chi connectivity index (χ0) is 19.2. The van der Waals surface area contributed by atoms with E-state index in [1.54, 1.807) is 36.4 Å². The highest BCUT2D eigenvalue weighted by Crippen LogP contribution is 2.32. The first-order chi connectivity index (χ1) is 13.0. The highest BCUT2D eigenvalue weighted by Gasteiger charge is 2.18. The molecule has 1 N–H and O–H groups in total. The fourth-order valence-electron chi connectivity index (χ4n) is 2.35. The zero-order valence-electron chi connectivity index (χ0n) is 14.6. The molecule has 1 atom stereocenters. The van der Waals surface area contributed by atoms with Crippen LogP contribution in [0.2, 0.25) is 5.02 Å². The molecule has 142 valence electrons. The molecular weight excluding hydrogens is 374 g/mol. The summed E-state index contributed by atoms with van der Waals surface area (Å²) < 4.78 is 20.9. The average Bonchev–Trinajstić information content (AvgIpc) is 3.12. The summed E-state index contributed by atoms with van der Waals surface area (Å²) in [5.41, 5.74) is 0.844. The number of carbonyl (C=O) groups is 2. The maximum atomic E-state index is 11.9. The Balaban J connectivity index is 1.41. The predicted molar refractivity (Wildman–Crippen MR) is 96.9 cm³/mol. The number of esters is 1. The highest BCUT2D eigenvalue weighted by molar-refractivity contribution is 6.30. The molecule has 1 amide bonds. The Kier molecular flexibility index (Phi) is 6.03.